The summed E-state index contributed by atoms with van der Waals surface area (Å²) in [5, 5.41) is 0. The van der Waals surface area contributed by atoms with Crippen molar-refractivity contribution in [3.05, 3.63) is 65.7 Å². The molecule has 0 radical (unpaired) electrons. The van der Waals surface area contributed by atoms with E-state index in [9.17, 15) is 0 Å². The molecule has 0 aliphatic heterocycles. The van der Waals surface area contributed by atoms with Crippen LogP contribution in [0.2, 0.25) is 0 Å². The molecule has 0 saturated carbocycles. The number of hydrogen-bond donors (Lipinski definition) is 0. The molecule has 1 nitrogen and oxygen atoms in total. The second-order valence-electron chi connectivity index (χ2n) is 5.10. The van der Waals surface area contributed by atoms with Gasteiger partial charge in [0, 0.05) is 0 Å². The molecule has 2 unspecified atom stereocenters. The highest BCUT2D eigenvalue weighted by molar-refractivity contribution is 5.33. The number of hydrogen-bond acceptors (Lipinski definition) is 1. The van der Waals surface area contributed by atoms with Crippen LogP contribution >= 0.6 is 0 Å². The molecule has 0 aromatic heterocycles. The van der Waals surface area contributed by atoms with Crippen LogP contribution in [0.25, 0.3) is 0 Å². The third kappa shape index (κ3) is 6.90. The van der Waals surface area contributed by atoms with E-state index in [-0.39, 0.29) is 6.10 Å². The first-order valence-corrected chi connectivity index (χ1v) is 8.99. The quantitative estimate of drug-likeness (QED) is 0.566. The van der Waals surface area contributed by atoms with Crippen molar-refractivity contribution in [2.75, 3.05) is 0 Å². The fourth-order valence-electron chi connectivity index (χ4n) is 2.19. The third-order valence-corrected chi connectivity index (χ3v) is 3.64. The molecule has 0 aliphatic carbocycles. The zero-order valence-electron chi connectivity index (χ0n) is 16.0. The molecule has 0 spiro atoms. The third-order valence-electron chi connectivity index (χ3n) is 3.64. The molecule has 0 saturated heterocycles. The highest BCUT2D eigenvalue weighted by atomic mass is 16.5. The monoisotopic (exact) mass is 314 g/mol. The maximum Gasteiger partial charge on any atom is 0.126 e. The molecule has 0 amide bonds. The zero-order chi connectivity index (χ0) is 17.7. The minimum Gasteiger partial charge on any atom is -0.485 e. The average molecular weight is 315 g/mol. The molecule has 0 heterocycles. The summed E-state index contributed by atoms with van der Waals surface area (Å²) in [6.45, 7) is 14.5. The van der Waals surface area contributed by atoms with Gasteiger partial charge in [-0.25, -0.2) is 0 Å². The van der Waals surface area contributed by atoms with Crippen molar-refractivity contribution in [1.29, 1.82) is 0 Å². The van der Waals surface area contributed by atoms with Gasteiger partial charge in [-0.1, -0.05) is 90.1 Å². The second-order valence-corrected chi connectivity index (χ2v) is 5.10. The molecule has 23 heavy (non-hydrogen) atoms. The van der Waals surface area contributed by atoms with E-state index < -0.39 is 0 Å². The molecule has 0 aliphatic rings. The van der Waals surface area contributed by atoms with Crippen LogP contribution in [0.5, 0.6) is 5.75 Å². The first-order valence-electron chi connectivity index (χ1n) is 8.99. The van der Waals surface area contributed by atoms with Gasteiger partial charge in [0.1, 0.15) is 11.9 Å². The van der Waals surface area contributed by atoms with Crippen molar-refractivity contribution in [3.63, 3.8) is 0 Å². The molecule has 1 heteroatoms. The van der Waals surface area contributed by atoms with Crippen LogP contribution in [0.15, 0.2) is 54.6 Å². The van der Waals surface area contributed by atoms with E-state index in [0.717, 1.165) is 12.2 Å². The van der Waals surface area contributed by atoms with Gasteiger partial charge in [0.25, 0.3) is 0 Å². The van der Waals surface area contributed by atoms with Crippen molar-refractivity contribution in [1.82, 2.24) is 0 Å². The Morgan fingerprint density at radius 3 is 1.87 bits per heavy atom. The lowest BCUT2D eigenvalue weighted by Gasteiger charge is -2.25. The van der Waals surface area contributed by atoms with E-state index in [4.69, 9.17) is 4.74 Å². The van der Waals surface area contributed by atoms with Gasteiger partial charge in [0.05, 0.1) is 0 Å². The lowest BCUT2D eigenvalue weighted by molar-refractivity contribution is 0.140. The maximum absolute atomic E-state index is 6.28. The fourth-order valence-corrected chi connectivity index (χ4v) is 2.19. The Bertz CT molecular complexity index is 504. The van der Waals surface area contributed by atoms with Gasteiger partial charge in [0.2, 0.25) is 0 Å². The number of rotatable bonds is 5. The Kier molecular flexibility index (Phi) is 11.8. The number of benzene rings is 2. The van der Waals surface area contributed by atoms with Crippen molar-refractivity contribution in [2.45, 2.75) is 61.0 Å². The predicted octanol–water partition coefficient (Wildman–Crippen LogP) is 7.21. The number of aryl methyl sites for hydroxylation is 1. The Morgan fingerprint density at radius 1 is 0.826 bits per heavy atom. The van der Waals surface area contributed by atoms with Crippen LogP contribution in [0, 0.1) is 12.8 Å². The molecule has 0 fully saturated rings. The second kappa shape index (κ2) is 12.8. The van der Waals surface area contributed by atoms with E-state index in [1.54, 1.807) is 0 Å². The van der Waals surface area contributed by atoms with Gasteiger partial charge >= 0.3 is 0 Å². The van der Waals surface area contributed by atoms with Gasteiger partial charge in [-0.3, -0.25) is 0 Å². The predicted molar refractivity (Wildman–Crippen MR) is 103 cm³/mol. The summed E-state index contributed by atoms with van der Waals surface area (Å²) in [5.74, 6) is 1.47. The van der Waals surface area contributed by atoms with Crippen LogP contribution in [0.3, 0.4) is 0 Å². The molecule has 2 aromatic rings. The Labute approximate surface area is 143 Å². The van der Waals surface area contributed by atoms with Crippen LogP contribution in [-0.2, 0) is 0 Å². The summed E-state index contributed by atoms with van der Waals surface area (Å²) < 4.78 is 6.28. The highest BCUT2D eigenvalue weighted by Gasteiger charge is 2.20. The Morgan fingerprint density at radius 2 is 1.35 bits per heavy atom. The van der Waals surface area contributed by atoms with Crippen molar-refractivity contribution >= 4 is 0 Å². The van der Waals surface area contributed by atoms with Gasteiger partial charge in [-0.05, 0) is 36.5 Å². The lowest BCUT2D eigenvalue weighted by Crippen LogP contribution is -2.16. The van der Waals surface area contributed by atoms with Crippen LogP contribution < -0.4 is 4.74 Å². The minimum atomic E-state index is 0.118. The molecule has 0 bridgehead atoms. The fraction of sp³-hybridized carbons (Fsp3) is 0.455. The van der Waals surface area contributed by atoms with E-state index >= 15 is 0 Å². The lowest BCUT2D eigenvalue weighted by atomic mass is 9.95. The Balaban J connectivity index is 0.00000112. The number of ether oxygens (including phenoxy) is 1. The topological polar surface area (TPSA) is 9.23 Å². The summed E-state index contributed by atoms with van der Waals surface area (Å²) in [5.41, 5.74) is 2.44. The molecule has 0 N–H and O–H groups in total. The molecule has 2 aromatic carbocycles. The van der Waals surface area contributed by atoms with Crippen LogP contribution in [0.4, 0.5) is 0 Å². The molecule has 128 valence electrons. The van der Waals surface area contributed by atoms with Gasteiger partial charge in [0.15, 0.2) is 0 Å². The van der Waals surface area contributed by atoms with Crippen molar-refractivity contribution in [2.24, 2.45) is 5.92 Å². The van der Waals surface area contributed by atoms with Crippen molar-refractivity contribution in [3.8, 4) is 5.75 Å². The summed E-state index contributed by atoms with van der Waals surface area (Å²) in [7, 11) is 0. The van der Waals surface area contributed by atoms with E-state index in [1.807, 2.05) is 52.0 Å². The first kappa shape index (κ1) is 21.2. The van der Waals surface area contributed by atoms with Crippen LogP contribution in [-0.4, -0.2) is 0 Å². The first-order chi connectivity index (χ1) is 11.2. The van der Waals surface area contributed by atoms with E-state index in [2.05, 4.69) is 51.1 Å². The standard InChI is InChI=1S/C18H22O.2C2H6/c1-4-14(2)18(16-11-6-5-7-12-16)19-17-13-9-8-10-15(17)3;2*1-2/h5-14,18H,4H2,1-3H3;2*1-2H3. The largest absolute Gasteiger partial charge is 0.485 e. The Hall–Kier alpha value is -1.76. The van der Waals surface area contributed by atoms with Crippen molar-refractivity contribution < 1.29 is 4.74 Å². The SMILES string of the molecule is CC.CC.CCC(C)C(Oc1ccccc1C)c1ccccc1. The summed E-state index contributed by atoms with van der Waals surface area (Å²) in [6.07, 6.45) is 1.22. The summed E-state index contributed by atoms with van der Waals surface area (Å²) in [4.78, 5) is 0. The van der Waals surface area contributed by atoms with Gasteiger partial charge < -0.3 is 4.74 Å². The smallest absolute Gasteiger partial charge is 0.126 e. The minimum absolute atomic E-state index is 0.118. The number of para-hydroxylation sites is 1. The highest BCUT2D eigenvalue weighted by Crippen LogP contribution is 2.31. The molecule has 2 atom stereocenters. The summed E-state index contributed by atoms with van der Waals surface area (Å²) in [6, 6.07) is 18.7. The zero-order valence-corrected chi connectivity index (χ0v) is 16.0. The van der Waals surface area contributed by atoms with Gasteiger partial charge in [-0.15, -0.1) is 0 Å². The van der Waals surface area contributed by atoms with E-state index in [0.29, 0.717) is 5.92 Å². The van der Waals surface area contributed by atoms with Gasteiger partial charge in [-0.2, -0.15) is 0 Å². The average Bonchev–Trinajstić information content (AvgIpc) is 2.64. The normalized spacial score (nSPS) is 12.0. The molecular formula is C22H34O. The summed E-state index contributed by atoms with van der Waals surface area (Å²) >= 11 is 0. The van der Waals surface area contributed by atoms with Crippen LogP contribution in [0.1, 0.15) is 65.2 Å². The maximum atomic E-state index is 6.28. The molecule has 2 rings (SSSR count). The van der Waals surface area contributed by atoms with E-state index in [1.165, 1.54) is 11.1 Å². The molecular weight excluding hydrogens is 280 g/mol.